The van der Waals surface area contributed by atoms with Gasteiger partial charge in [-0.05, 0) is 24.6 Å². The molecule has 0 spiro atoms. The molecule has 20 heavy (non-hydrogen) atoms. The van der Waals surface area contributed by atoms with E-state index >= 15 is 0 Å². The number of benzene rings is 1. The van der Waals surface area contributed by atoms with Crippen LogP contribution >= 0.6 is 0 Å². The summed E-state index contributed by atoms with van der Waals surface area (Å²) >= 11 is 0. The van der Waals surface area contributed by atoms with Crippen molar-refractivity contribution < 1.29 is 32.3 Å². The normalized spacial score (nSPS) is 11.2. The van der Waals surface area contributed by atoms with Crippen LogP contribution in [0.3, 0.4) is 0 Å². The Morgan fingerprint density at radius 3 is 2.45 bits per heavy atom. The maximum atomic E-state index is 12.8. The van der Waals surface area contributed by atoms with Crippen molar-refractivity contribution in [1.82, 2.24) is 5.32 Å². The summed E-state index contributed by atoms with van der Waals surface area (Å²) in [5.74, 6) is -3.19. The molecule has 8 heteroatoms. The largest absolute Gasteiger partial charge is 0.481 e. The van der Waals surface area contributed by atoms with Crippen LogP contribution in [0, 0.1) is 5.82 Å². The Kier molecular flexibility index (Phi) is 5.06. The molecule has 1 aromatic carbocycles. The quantitative estimate of drug-likeness (QED) is 0.647. The summed E-state index contributed by atoms with van der Waals surface area (Å²) in [4.78, 5) is 21.8. The number of carbonyl (C=O) groups is 2. The highest BCUT2D eigenvalue weighted by atomic mass is 19.4. The third-order valence-electron chi connectivity index (χ3n) is 2.38. The van der Waals surface area contributed by atoms with Gasteiger partial charge in [-0.1, -0.05) is 0 Å². The summed E-state index contributed by atoms with van der Waals surface area (Å²) < 4.78 is 50.8. The summed E-state index contributed by atoms with van der Waals surface area (Å²) in [7, 11) is 0. The molecule has 0 bridgehead atoms. The van der Waals surface area contributed by atoms with E-state index in [-0.39, 0.29) is 25.5 Å². The molecule has 1 aromatic rings. The molecule has 0 aliphatic carbocycles. The number of alkyl halides is 3. The minimum atomic E-state index is -4.85. The van der Waals surface area contributed by atoms with E-state index in [0.717, 1.165) is 12.1 Å². The summed E-state index contributed by atoms with van der Waals surface area (Å²) in [6.07, 6.45) is -4.98. The number of halogens is 4. The minimum absolute atomic E-state index is 0.0835. The second-order valence-electron chi connectivity index (χ2n) is 3.94. The zero-order chi connectivity index (χ0) is 15.3. The van der Waals surface area contributed by atoms with E-state index in [4.69, 9.17) is 5.11 Å². The first-order valence-corrected chi connectivity index (χ1v) is 5.58. The second kappa shape index (κ2) is 6.36. The number of rotatable bonds is 5. The second-order valence-corrected chi connectivity index (χ2v) is 3.94. The molecule has 0 aliphatic heterocycles. The van der Waals surface area contributed by atoms with E-state index in [2.05, 4.69) is 5.32 Å². The van der Waals surface area contributed by atoms with Gasteiger partial charge in [-0.2, -0.15) is 13.2 Å². The van der Waals surface area contributed by atoms with Gasteiger partial charge in [0.15, 0.2) is 0 Å². The number of nitrogens with one attached hydrogen (secondary N) is 1. The molecule has 110 valence electrons. The molecular weight excluding hydrogens is 282 g/mol. The van der Waals surface area contributed by atoms with Crippen LogP contribution in [0.5, 0.6) is 0 Å². The van der Waals surface area contributed by atoms with E-state index < -0.39 is 35.0 Å². The fraction of sp³-hybridized carbons (Fsp3) is 0.333. The van der Waals surface area contributed by atoms with Crippen molar-refractivity contribution in [2.24, 2.45) is 0 Å². The molecule has 0 unspecified atom stereocenters. The lowest BCUT2D eigenvalue weighted by Crippen LogP contribution is -2.27. The number of amides is 1. The summed E-state index contributed by atoms with van der Waals surface area (Å²) in [6.45, 7) is -0.0835. The highest BCUT2D eigenvalue weighted by Crippen LogP contribution is 2.32. The first-order valence-electron chi connectivity index (χ1n) is 5.58. The van der Waals surface area contributed by atoms with Gasteiger partial charge in [0.2, 0.25) is 0 Å². The van der Waals surface area contributed by atoms with Crippen LogP contribution in [0.25, 0.3) is 0 Å². The average Bonchev–Trinajstić information content (AvgIpc) is 2.33. The Balaban J connectivity index is 2.80. The molecule has 0 radical (unpaired) electrons. The topological polar surface area (TPSA) is 66.4 Å². The van der Waals surface area contributed by atoms with Gasteiger partial charge in [0.25, 0.3) is 5.91 Å². The van der Waals surface area contributed by atoms with Gasteiger partial charge in [-0.3, -0.25) is 9.59 Å². The van der Waals surface area contributed by atoms with Gasteiger partial charge < -0.3 is 10.4 Å². The standard InChI is InChI=1S/C12H11F4NO3/c13-7-3-4-8(9(6-7)12(14,15)16)11(20)17-5-1-2-10(18)19/h3-4,6H,1-2,5H2,(H,17,20)(H,18,19). The lowest BCUT2D eigenvalue weighted by atomic mass is 10.1. The third kappa shape index (κ3) is 4.52. The molecule has 1 amide bonds. The van der Waals surface area contributed by atoms with Gasteiger partial charge in [0, 0.05) is 13.0 Å². The van der Waals surface area contributed by atoms with Crippen molar-refractivity contribution in [3.05, 3.63) is 35.1 Å². The Morgan fingerprint density at radius 2 is 1.90 bits per heavy atom. The van der Waals surface area contributed by atoms with Gasteiger partial charge in [0.1, 0.15) is 5.82 Å². The predicted octanol–water partition coefficient (Wildman–Crippen LogP) is 2.44. The predicted molar refractivity (Wildman–Crippen MR) is 60.6 cm³/mol. The zero-order valence-corrected chi connectivity index (χ0v) is 10.1. The van der Waals surface area contributed by atoms with Crippen LogP contribution in [0.2, 0.25) is 0 Å². The molecule has 0 fully saturated rings. The maximum absolute atomic E-state index is 12.8. The van der Waals surface area contributed by atoms with E-state index in [1.165, 1.54) is 0 Å². The fourth-order valence-electron chi connectivity index (χ4n) is 1.49. The van der Waals surface area contributed by atoms with Crippen molar-refractivity contribution in [3.63, 3.8) is 0 Å². The van der Waals surface area contributed by atoms with Gasteiger partial charge in [-0.25, -0.2) is 4.39 Å². The molecule has 4 nitrogen and oxygen atoms in total. The van der Waals surface area contributed by atoms with Crippen molar-refractivity contribution in [2.75, 3.05) is 6.54 Å². The molecule has 0 aliphatic rings. The molecule has 0 atom stereocenters. The van der Waals surface area contributed by atoms with Crippen LogP contribution in [-0.4, -0.2) is 23.5 Å². The lowest BCUT2D eigenvalue weighted by molar-refractivity contribution is -0.138. The van der Waals surface area contributed by atoms with Crippen LogP contribution in [-0.2, 0) is 11.0 Å². The van der Waals surface area contributed by atoms with Crippen LogP contribution < -0.4 is 5.32 Å². The minimum Gasteiger partial charge on any atom is -0.481 e. The van der Waals surface area contributed by atoms with Gasteiger partial charge in [-0.15, -0.1) is 0 Å². The number of carboxylic acids is 1. The van der Waals surface area contributed by atoms with Crippen molar-refractivity contribution in [3.8, 4) is 0 Å². The number of hydrogen-bond donors (Lipinski definition) is 2. The van der Waals surface area contributed by atoms with E-state index in [0.29, 0.717) is 0 Å². The molecule has 0 aromatic heterocycles. The van der Waals surface area contributed by atoms with Crippen molar-refractivity contribution in [2.45, 2.75) is 19.0 Å². The Labute approximate surface area is 111 Å². The number of carbonyl (C=O) groups excluding carboxylic acids is 1. The monoisotopic (exact) mass is 293 g/mol. The lowest BCUT2D eigenvalue weighted by Gasteiger charge is -2.12. The third-order valence-corrected chi connectivity index (χ3v) is 2.38. The van der Waals surface area contributed by atoms with Gasteiger partial charge >= 0.3 is 12.1 Å². The van der Waals surface area contributed by atoms with Crippen molar-refractivity contribution in [1.29, 1.82) is 0 Å². The maximum Gasteiger partial charge on any atom is 0.417 e. The Morgan fingerprint density at radius 1 is 1.25 bits per heavy atom. The van der Waals surface area contributed by atoms with Crippen LogP contribution in [0.4, 0.5) is 17.6 Å². The summed E-state index contributed by atoms with van der Waals surface area (Å²) in [5.41, 5.74) is -2.07. The van der Waals surface area contributed by atoms with E-state index in [1.807, 2.05) is 0 Å². The zero-order valence-electron chi connectivity index (χ0n) is 10.1. The van der Waals surface area contributed by atoms with Crippen LogP contribution in [0.15, 0.2) is 18.2 Å². The molecule has 0 saturated carbocycles. The molecule has 0 heterocycles. The number of hydrogen-bond acceptors (Lipinski definition) is 2. The highest BCUT2D eigenvalue weighted by Gasteiger charge is 2.35. The smallest absolute Gasteiger partial charge is 0.417 e. The SMILES string of the molecule is O=C(O)CCCNC(=O)c1ccc(F)cc1C(F)(F)F. The summed E-state index contributed by atoms with van der Waals surface area (Å²) in [5, 5.41) is 10.5. The Bertz CT molecular complexity index is 514. The summed E-state index contributed by atoms with van der Waals surface area (Å²) in [6, 6.07) is 1.73. The molecule has 1 rings (SSSR count). The van der Waals surface area contributed by atoms with E-state index in [9.17, 15) is 27.2 Å². The van der Waals surface area contributed by atoms with Crippen molar-refractivity contribution >= 4 is 11.9 Å². The molecule has 2 N–H and O–H groups in total. The fourth-order valence-corrected chi connectivity index (χ4v) is 1.49. The Hall–Kier alpha value is -2.12. The molecular formula is C12H11F4NO3. The first-order chi connectivity index (χ1) is 9.21. The number of carboxylic acid groups (broad SMARTS) is 1. The van der Waals surface area contributed by atoms with E-state index in [1.54, 1.807) is 0 Å². The highest BCUT2D eigenvalue weighted by molar-refractivity contribution is 5.95. The number of aliphatic carboxylic acids is 1. The van der Waals surface area contributed by atoms with Crippen LogP contribution in [0.1, 0.15) is 28.8 Å². The molecule has 0 saturated heterocycles. The average molecular weight is 293 g/mol. The van der Waals surface area contributed by atoms with Gasteiger partial charge in [0.05, 0.1) is 11.1 Å². The first kappa shape index (κ1) is 15.9.